The Kier molecular flexibility index (Phi) is 3.75. The largest absolute Gasteiger partial charge is 0.298 e. The highest BCUT2D eigenvalue weighted by Crippen LogP contribution is 2.25. The second kappa shape index (κ2) is 5.28. The lowest BCUT2D eigenvalue weighted by Crippen LogP contribution is -1.96. The van der Waals surface area contributed by atoms with Gasteiger partial charge in [-0.05, 0) is 29.3 Å². The quantitative estimate of drug-likeness (QED) is 0.765. The molecule has 0 aliphatic carbocycles. The van der Waals surface area contributed by atoms with Crippen molar-refractivity contribution in [1.82, 2.24) is 0 Å². The molecule has 17 heavy (non-hydrogen) atoms. The minimum absolute atomic E-state index is 0.294. The number of halogens is 1. The van der Waals surface area contributed by atoms with Crippen molar-refractivity contribution in [2.24, 2.45) is 0 Å². The third-order valence-electron chi connectivity index (χ3n) is 2.92. The lowest BCUT2D eigenvalue weighted by molar-refractivity contribution is 0.112. The Balaban J connectivity index is 2.32. The number of carbonyl (C=O) groups excluding carboxylic acids is 1. The van der Waals surface area contributed by atoms with Gasteiger partial charge in [0.15, 0.2) is 0 Å². The van der Waals surface area contributed by atoms with Crippen LogP contribution in [0.15, 0.2) is 53.0 Å². The van der Waals surface area contributed by atoms with E-state index in [0.29, 0.717) is 5.92 Å². The summed E-state index contributed by atoms with van der Waals surface area (Å²) >= 11 is 3.43. The smallest absolute Gasteiger partial charge is 0.150 e. The van der Waals surface area contributed by atoms with Crippen LogP contribution in [-0.2, 0) is 0 Å². The van der Waals surface area contributed by atoms with E-state index >= 15 is 0 Å². The molecule has 0 spiro atoms. The Labute approximate surface area is 110 Å². The van der Waals surface area contributed by atoms with E-state index in [0.717, 1.165) is 21.9 Å². The van der Waals surface area contributed by atoms with Crippen molar-refractivity contribution in [2.75, 3.05) is 0 Å². The van der Waals surface area contributed by atoms with E-state index in [9.17, 15) is 4.79 Å². The van der Waals surface area contributed by atoms with E-state index in [-0.39, 0.29) is 0 Å². The van der Waals surface area contributed by atoms with E-state index in [1.165, 1.54) is 5.56 Å². The molecule has 0 saturated carbocycles. The summed E-state index contributed by atoms with van der Waals surface area (Å²) in [6, 6.07) is 16.0. The zero-order valence-corrected chi connectivity index (χ0v) is 11.1. The van der Waals surface area contributed by atoms with Gasteiger partial charge < -0.3 is 0 Å². The van der Waals surface area contributed by atoms with Crippen molar-refractivity contribution in [3.63, 3.8) is 0 Å². The minimum Gasteiger partial charge on any atom is -0.298 e. The molecule has 0 heterocycles. The SMILES string of the molecule is CC(c1ccc(Br)cc1)c1cccc(C=O)c1. The topological polar surface area (TPSA) is 17.1 Å². The van der Waals surface area contributed by atoms with Crippen molar-refractivity contribution >= 4 is 22.2 Å². The fraction of sp³-hybridized carbons (Fsp3) is 0.133. The van der Waals surface area contributed by atoms with Crippen molar-refractivity contribution in [1.29, 1.82) is 0 Å². The van der Waals surface area contributed by atoms with E-state index in [1.54, 1.807) is 0 Å². The summed E-state index contributed by atoms with van der Waals surface area (Å²) in [7, 11) is 0. The molecule has 1 unspecified atom stereocenters. The Hall–Kier alpha value is -1.41. The number of rotatable bonds is 3. The Bertz CT molecular complexity index is 517. The molecule has 0 saturated heterocycles. The van der Waals surface area contributed by atoms with Gasteiger partial charge in [0.1, 0.15) is 6.29 Å². The second-order valence-electron chi connectivity index (χ2n) is 4.06. The van der Waals surface area contributed by atoms with Gasteiger partial charge in [-0.25, -0.2) is 0 Å². The zero-order valence-electron chi connectivity index (χ0n) is 9.56. The second-order valence-corrected chi connectivity index (χ2v) is 4.98. The molecular weight excluding hydrogens is 276 g/mol. The lowest BCUT2D eigenvalue weighted by atomic mass is 9.92. The highest BCUT2D eigenvalue weighted by atomic mass is 79.9. The Morgan fingerprint density at radius 1 is 1.06 bits per heavy atom. The van der Waals surface area contributed by atoms with Crippen LogP contribution < -0.4 is 0 Å². The third kappa shape index (κ3) is 2.83. The van der Waals surface area contributed by atoms with E-state index < -0.39 is 0 Å². The van der Waals surface area contributed by atoms with Crippen LogP contribution in [0.25, 0.3) is 0 Å². The van der Waals surface area contributed by atoms with Gasteiger partial charge in [-0.15, -0.1) is 0 Å². The molecule has 0 bridgehead atoms. The fourth-order valence-electron chi connectivity index (χ4n) is 1.85. The summed E-state index contributed by atoms with van der Waals surface area (Å²) in [6.45, 7) is 2.15. The maximum atomic E-state index is 10.8. The normalized spacial score (nSPS) is 12.1. The summed E-state index contributed by atoms with van der Waals surface area (Å²) < 4.78 is 1.08. The highest BCUT2D eigenvalue weighted by molar-refractivity contribution is 9.10. The summed E-state index contributed by atoms with van der Waals surface area (Å²) in [5.41, 5.74) is 3.14. The first-order valence-corrected chi connectivity index (χ1v) is 6.30. The summed E-state index contributed by atoms with van der Waals surface area (Å²) in [6.07, 6.45) is 0.887. The average Bonchev–Trinajstić information content (AvgIpc) is 2.39. The maximum Gasteiger partial charge on any atom is 0.150 e. The van der Waals surface area contributed by atoms with Crippen LogP contribution in [0.2, 0.25) is 0 Å². The minimum atomic E-state index is 0.294. The molecule has 0 radical (unpaired) electrons. The number of aldehydes is 1. The Morgan fingerprint density at radius 3 is 2.41 bits per heavy atom. The van der Waals surface area contributed by atoms with Crippen LogP contribution in [0.5, 0.6) is 0 Å². The van der Waals surface area contributed by atoms with Crippen molar-refractivity contribution in [2.45, 2.75) is 12.8 Å². The summed E-state index contributed by atoms with van der Waals surface area (Å²) in [5, 5.41) is 0. The van der Waals surface area contributed by atoms with E-state index in [1.807, 2.05) is 30.3 Å². The predicted molar refractivity (Wildman–Crippen MR) is 73.5 cm³/mol. The first kappa shape index (κ1) is 12.1. The van der Waals surface area contributed by atoms with E-state index in [4.69, 9.17) is 0 Å². The van der Waals surface area contributed by atoms with Gasteiger partial charge >= 0.3 is 0 Å². The monoisotopic (exact) mass is 288 g/mol. The van der Waals surface area contributed by atoms with Crippen LogP contribution in [0.4, 0.5) is 0 Å². The van der Waals surface area contributed by atoms with Crippen molar-refractivity contribution < 1.29 is 4.79 Å². The van der Waals surface area contributed by atoms with E-state index in [2.05, 4.69) is 41.1 Å². The van der Waals surface area contributed by atoms with Crippen molar-refractivity contribution in [3.8, 4) is 0 Å². The third-order valence-corrected chi connectivity index (χ3v) is 3.45. The molecule has 0 aliphatic rings. The van der Waals surface area contributed by atoms with Gasteiger partial charge in [0, 0.05) is 16.0 Å². The average molecular weight is 289 g/mol. The molecule has 1 nitrogen and oxygen atoms in total. The molecule has 2 aromatic rings. The molecule has 0 aromatic heterocycles. The lowest BCUT2D eigenvalue weighted by Gasteiger charge is -2.12. The van der Waals surface area contributed by atoms with Gasteiger partial charge in [0.05, 0.1) is 0 Å². The molecule has 2 aromatic carbocycles. The van der Waals surface area contributed by atoms with Gasteiger partial charge in [-0.2, -0.15) is 0 Å². The number of benzene rings is 2. The molecule has 0 N–H and O–H groups in total. The molecule has 0 fully saturated rings. The first-order chi connectivity index (χ1) is 8.20. The zero-order chi connectivity index (χ0) is 12.3. The first-order valence-electron chi connectivity index (χ1n) is 5.51. The molecular formula is C15H13BrO. The molecule has 2 heteroatoms. The van der Waals surface area contributed by atoms with Crippen LogP contribution in [0.3, 0.4) is 0 Å². The maximum absolute atomic E-state index is 10.8. The molecule has 2 rings (SSSR count). The number of carbonyl (C=O) groups is 1. The molecule has 0 amide bonds. The van der Waals surface area contributed by atoms with Crippen LogP contribution in [0.1, 0.15) is 34.3 Å². The predicted octanol–water partition coefficient (Wildman–Crippen LogP) is 4.41. The standard InChI is InChI=1S/C15H13BrO/c1-11(13-5-7-15(16)8-6-13)14-4-2-3-12(9-14)10-17/h2-11H,1H3. The summed E-state index contributed by atoms with van der Waals surface area (Å²) in [4.78, 5) is 10.8. The fourth-order valence-corrected chi connectivity index (χ4v) is 2.11. The van der Waals surface area contributed by atoms with Gasteiger partial charge in [0.25, 0.3) is 0 Å². The van der Waals surface area contributed by atoms with Gasteiger partial charge in [0.2, 0.25) is 0 Å². The molecule has 1 atom stereocenters. The molecule has 86 valence electrons. The highest BCUT2D eigenvalue weighted by Gasteiger charge is 2.08. The van der Waals surface area contributed by atoms with Crippen LogP contribution in [0, 0.1) is 0 Å². The summed E-state index contributed by atoms with van der Waals surface area (Å²) in [5.74, 6) is 0.294. The number of hydrogen-bond donors (Lipinski definition) is 0. The van der Waals surface area contributed by atoms with Gasteiger partial charge in [-0.3, -0.25) is 4.79 Å². The van der Waals surface area contributed by atoms with Gasteiger partial charge in [-0.1, -0.05) is 53.2 Å². The van der Waals surface area contributed by atoms with Crippen molar-refractivity contribution in [3.05, 3.63) is 69.7 Å². The van der Waals surface area contributed by atoms with Crippen LogP contribution in [-0.4, -0.2) is 6.29 Å². The molecule has 0 aliphatic heterocycles. The van der Waals surface area contributed by atoms with Crippen LogP contribution >= 0.6 is 15.9 Å². The Morgan fingerprint density at radius 2 is 1.76 bits per heavy atom. The number of hydrogen-bond acceptors (Lipinski definition) is 1.